The molecule has 2 aromatic carbocycles. The molecule has 1 amide bonds. The first-order chi connectivity index (χ1) is 15.6. The van der Waals surface area contributed by atoms with E-state index in [9.17, 15) is 4.79 Å². The van der Waals surface area contributed by atoms with Gasteiger partial charge in [0.05, 0.1) is 21.1 Å². The van der Waals surface area contributed by atoms with Gasteiger partial charge in [0.15, 0.2) is 0 Å². The Labute approximate surface area is 197 Å². The third kappa shape index (κ3) is 4.95. The molecule has 0 saturated carbocycles. The molecule has 0 aliphatic carbocycles. The molecule has 5 nitrogen and oxygen atoms in total. The highest BCUT2D eigenvalue weighted by Crippen LogP contribution is 2.31. The molecule has 1 unspecified atom stereocenters. The summed E-state index contributed by atoms with van der Waals surface area (Å²) in [6.07, 6.45) is 3.64. The second kappa shape index (κ2) is 10.2. The summed E-state index contributed by atoms with van der Waals surface area (Å²) in [4.78, 5) is 22.4. The van der Waals surface area contributed by atoms with E-state index in [0.717, 1.165) is 28.1 Å². The minimum atomic E-state index is -0.417. The number of amides is 1. The van der Waals surface area contributed by atoms with Crippen molar-refractivity contribution in [3.05, 3.63) is 94.0 Å². The topological polar surface area (TPSA) is 59.8 Å². The molecule has 1 atom stereocenters. The first-order valence-electron chi connectivity index (χ1n) is 10.6. The fourth-order valence-corrected chi connectivity index (χ4v) is 4.17. The van der Waals surface area contributed by atoms with Crippen molar-refractivity contribution < 1.29 is 4.79 Å². The van der Waals surface area contributed by atoms with Gasteiger partial charge >= 0.3 is 0 Å². The van der Waals surface area contributed by atoms with Gasteiger partial charge in [0.25, 0.3) is 0 Å². The molecule has 32 heavy (non-hydrogen) atoms. The van der Waals surface area contributed by atoms with Crippen LogP contribution in [0.5, 0.6) is 0 Å². The highest BCUT2D eigenvalue weighted by Gasteiger charge is 2.25. The van der Waals surface area contributed by atoms with E-state index in [4.69, 9.17) is 28.2 Å². The van der Waals surface area contributed by atoms with Gasteiger partial charge in [0.1, 0.15) is 11.9 Å². The van der Waals surface area contributed by atoms with E-state index in [1.165, 1.54) is 0 Å². The van der Waals surface area contributed by atoms with Crippen molar-refractivity contribution in [1.82, 2.24) is 19.9 Å². The van der Waals surface area contributed by atoms with Crippen molar-refractivity contribution in [2.45, 2.75) is 32.2 Å². The largest absolute Gasteiger partial charge is 0.354 e. The summed E-state index contributed by atoms with van der Waals surface area (Å²) >= 11 is 12.6. The number of hydrogen-bond donors (Lipinski definition) is 1. The van der Waals surface area contributed by atoms with Gasteiger partial charge in [-0.1, -0.05) is 66.5 Å². The van der Waals surface area contributed by atoms with Crippen LogP contribution in [0.1, 0.15) is 36.5 Å². The highest BCUT2D eigenvalue weighted by molar-refractivity contribution is 6.42. The van der Waals surface area contributed by atoms with E-state index < -0.39 is 6.04 Å². The average molecular weight is 467 g/mol. The minimum Gasteiger partial charge on any atom is -0.354 e. The summed E-state index contributed by atoms with van der Waals surface area (Å²) in [6.45, 7) is 2.51. The lowest BCUT2D eigenvalue weighted by Crippen LogP contribution is -2.34. The van der Waals surface area contributed by atoms with Gasteiger partial charge < -0.3 is 9.88 Å². The number of halogens is 2. The minimum absolute atomic E-state index is 0.0527. The zero-order valence-corrected chi connectivity index (χ0v) is 19.3. The van der Waals surface area contributed by atoms with Gasteiger partial charge in [0, 0.05) is 31.3 Å². The molecule has 4 aromatic rings. The number of fused-ring (bicyclic) bond motifs is 1. The van der Waals surface area contributed by atoms with Gasteiger partial charge in [-0.25, -0.2) is 4.98 Å². The second-order valence-electron chi connectivity index (χ2n) is 7.60. The molecule has 164 valence electrons. The molecule has 4 rings (SSSR count). The van der Waals surface area contributed by atoms with Crippen LogP contribution in [-0.4, -0.2) is 27.0 Å². The number of nitrogens with one attached hydrogen (secondary N) is 1. The van der Waals surface area contributed by atoms with Gasteiger partial charge in [-0.15, -0.1) is 0 Å². The summed E-state index contributed by atoms with van der Waals surface area (Å²) < 4.78 is 2.00. The molecular formula is C25H24Cl2N4O. The van der Waals surface area contributed by atoms with Crippen LogP contribution in [0.3, 0.4) is 0 Å². The Kier molecular flexibility index (Phi) is 7.08. The van der Waals surface area contributed by atoms with E-state index in [0.29, 0.717) is 35.9 Å². The number of aromatic nitrogens is 3. The Balaban J connectivity index is 1.65. The number of carbonyl (C=O) groups excluding carboxylic acids is 1. The smallest absolute Gasteiger partial charge is 0.243 e. The Morgan fingerprint density at radius 2 is 1.81 bits per heavy atom. The molecule has 7 heteroatoms. The van der Waals surface area contributed by atoms with Gasteiger partial charge in [-0.2, -0.15) is 0 Å². The molecule has 2 aromatic heterocycles. The second-order valence-corrected chi connectivity index (χ2v) is 8.42. The predicted molar refractivity (Wildman–Crippen MR) is 129 cm³/mol. The van der Waals surface area contributed by atoms with Crippen LogP contribution < -0.4 is 5.32 Å². The SMILES string of the molecule is CCC(C(=O)NCCc1ccccn1)n1c(Cc2ccccc2)nc2cc(Cl)c(Cl)cc21. The molecule has 0 aliphatic heterocycles. The lowest BCUT2D eigenvalue weighted by atomic mass is 10.1. The summed E-state index contributed by atoms with van der Waals surface area (Å²) in [5, 5.41) is 3.95. The van der Waals surface area contributed by atoms with Crippen LogP contribution >= 0.6 is 23.2 Å². The molecule has 1 N–H and O–H groups in total. The fraction of sp³-hybridized carbons (Fsp3) is 0.240. The monoisotopic (exact) mass is 466 g/mol. The third-order valence-corrected chi connectivity index (χ3v) is 6.14. The molecule has 0 radical (unpaired) electrons. The maximum atomic E-state index is 13.2. The molecule has 0 saturated heterocycles. The van der Waals surface area contributed by atoms with E-state index in [1.54, 1.807) is 18.3 Å². The van der Waals surface area contributed by atoms with Crippen LogP contribution in [0.2, 0.25) is 10.0 Å². The summed E-state index contributed by atoms with van der Waals surface area (Å²) in [5.74, 6) is 0.749. The zero-order chi connectivity index (χ0) is 22.5. The van der Waals surface area contributed by atoms with Crippen molar-refractivity contribution in [3.63, 3.8) is 0 Å². The predicted octanol–water partition coefficient (Wildman–Crippen LogP) is 5.64. The number of hydrogen-bond acceptors (Lipinski definition) is 3. The quantitative estimate of drug-likeness (QED) is 0.365. The van der Waals surface area contributed by atoms with Crippen LogP contribution in [0, 0.1) is 0 Å². The van der Waals surface area contributed by atoms with Crippen molar-refractivity contribution in [3.8, 4) is 0 Å². The first kappa shape index (κ1) is 22.3. The maximum Gasteiger partial charge on any atom is 0.243 e. The zero-order valence-electron chi connectivity index (χ0n) is 17.8. The molecule has 0 bridgehead atoms. The molecule has 2 heterocycles. The van der Waals surface area contributed by atoms with E-state index in [1.807, 2.05) is 47.9 Å². The lowest BCUT2D eigenvalue weighted by Gasteiger charge is -2.20. The fourth-order valence-electron chi connectivity index (χ4n) is 3.85. The van der Waals surface area contributed by atoms with Crippen LogP contribution in [0.4, 0.5) is 0 Å². The van der Waals surface area contributed by atoms with Crippen molar-refractivity contribution in [2.75, 3.05) is 6.54 Å². The maximum absolute atomic E-state index is 13.2. The number of nitrogens with zero attached hydrogens (tertiary/aromatic N) is 3. The molecular weight excluding hydrogens is 443 g/mol. The van der Waals surface area contributed by atoms with Gasteiger partial charge in [-0.05, 0) is 36.2 Å². The normalized spacial score (nSPS) is 12.1. The standard InChI is InChI=1S/C25H24Cl2N4O/c1-2-22(25(32)29-13-11-18-10-6-7-12-28-18)31-23-16-20(27)19(26)15-21(23)30-24(31)14-17-8-4-3-5-9-17/h3-10,12,15-16,22H,2,11,13-14H2,1H3,(H,29,32). The Hall–Kier alpha value is -2.89. The van der Waals surface area contributed by atoms with Crippen molar-refractivity contribution in [2.24, 2.45) is 0 Å². The number of imidazole rings is 1. The van der Waals surface area contributed by atoms with Crippen LogP contribution in [-0.2, 0) is 17.6 Å². The molecule has 0 fully saturated rings. The number of pyridine rings is 1. The third-order valence-electron chi connectivity index (χ3n) is 5.42. The Morgan fingerprint density at radius 1 is 1.06 bits per heavy atom. The average Bonchev–Trinajstić information content (AvgIpc) is 3.12. The highest BCUT2D eigenvalue weighted by atomic mass is 35.5. The summed E-state index contributed by atoms with van der Waals surface area (Å²) in [5.41, 5.74) is 3.59. The Morgan fingerprint density at radius 3 is 2.53 bits per heavy atom. The number of benzene rings is 2. The molecule has 0 spiro atoms. The number of carbonyl (C=O) groups is 1. The van der Waals surface area contributed by atoms with Crippen LogP contribution in [0.15, 0.2) is 66.9 Å². The van der Waals surface area contributed by atoms with Crippen molar-refractivity contribution in [1.29, 1.82) is 0 Å². The Bertz CT molecular complexity index is 1210. The lowest BCUT2D eigenvalue weighted by molar-refractivity contribution is -0.124. The van der Waals surface area contributed by atoms with Crippen LogP contribution in [0.25, 0.3) is 11.0 Å². The van der Waals surface area contributed by atoms with E-state index in [2.05, 4.69) is 22.4 Å². The summed E-state index contributed by atoms with van der Waals surface area (Å²) in [6, 6.07) is 19.0. The van der Waals surface area contributed by atoms with Gasteiger partial charge in [-0.3, -0.25) is 9.78 Å². The molecule has 0 aliphatic rings. The van der Waals surface area contributed by atoms with Gasteiger partial charge in [0.2, 0.25) is 5.91 Å². The number of rotatable bonds is 8. The van der Waals surface area contributed by atoms with E-state index in [-0.39, 0.29) is 5.91 Å². The first-order valence-corrected chi connectivity index (χ1v) is 11.4. The van der Waals surface area contributed by atoms with Crippen molar-refractivity contribution >= 4 is 40.1 Å². The summed E-state index contributed by atoms with van der Waals surface area (Å²) in [7, 11) is 0. The van der Waals surface area contributed by atoms with E-state index >= 15 is 0 Å².